The molecule has 2 rings (SSSR count). The first-order chi connectivity index (χ1) is 8.87. The molecule has 0 bridgehead atoms. The number of imidazole rings is 1. The molecule has 19 heavy (non-hydrogen) atoms. The minimum atomic E-state index is -3.07. The molecule has 0 spiro atoms. The number of amides is 1. The van der Waals surface area contributed by atoms with Crippen LogP contribution in [0.5, 0.6) is 0 Å². The lowest BCUT2D eigenvalue weighted by Gasteiger charge is -2.14. The van der Waals surface area contributed by atoms with Crippen molar-refractivity contribution in [2.75, 3.05) is 37.5 Å². The number of sulfone groups is 1. The third kappa shape index (κ3) is 3.46. The lowest BCUT2D eigenvalue weighted by molar-refractivity contribution is 0.0798. The van der Waals surface area contributed by atoms with Crippen molar-refractivity contribution >= 4 is 21.7 Å². The monoisotopic (exact) mass is 286 g/mol. The average molecular weight is 286 g/mol. The molecular weight excluding hydrogens is 268 g/mol. The zero-order valence-corrected chi connectivity index (χ0v) is 11.9. The summed E-state index contributed by atoms with van der Waals surface area (Å²) in [6, 6.07) is 0. The lowest BCUT2D eigenvalue weighted by atomic mass is 10.3. The molecule has 1 aromatic heterocycles. The van der Waals surface area contributed by atoms with E-state index < -0.39 is 9.84 Å². The van der Waals surface area contributed by atoms with Crippen LogP contribution in [0.25, 0.3) is 0 Å². The summed E-state index contributed by atoms with van der Waals surface area (Å²) in [7, 11) is -1.49. The number of aromatic nitrogens is 2. The van der Waals surface area contributed by atoms with Crippen LogP contribution in [0.2, 0.25) is 0 Å². The Balaban J connectivity index is 2.04. The van der Waals surface area contributed by atoms with Crippen LogP contribution in [0.3, 0.4) is 0 Å². The predicted molar refractivity (Wildman–Crippen MR) is 72.0 cm³/mol. The third-order valence-electron chi connectivity index (χ3n) is 3.00. The normalized spacial score (nSPS) is 14.6. The van der Waals surface area contributed by atoms with E-state index in [1.807, 2.05) is 4.57 Å². The number of fused-ring (bicyclic) bond motifs is 1. The van der Waals surface area contributed by atoms with Gasteiger partial charge in [-0.1, -0.05) is 0 Å². The summed E-state index contributed by atoms with van der Waals surface area (Å²) < 4.78 is 24.1. The van der Waals surface area contributed by atoms with E-state index in [-0.39, 0.29) is 18.2 Å². The first kappa shape index (κ1) is 13.9. The molecule has 0 aliphatic carbocycles. The van der Waals surface area contributed by atoms with Crippen molar-refractivity contribution in [1.82, 2.24) is 14.5 Å². The van der Waals surface area contributed by atoms with E-state index in [0.29, 0.717) is 11.6 Å². The second kappa shape index (κ2) is 5.20. The molecular formula is C11H18N4O3S. The Labute approximate surface area is 112 Å². The fourth-order valence-electron chi connectivity index (χ4n) is 1.88. The van der Waals surface area contributed by atoms with E-state index in [0.717, 1.165) is 25.8 Å². The van der Waals surface area contributed by atoms with E-state index in [1.165, 1.54) is 4.90 Å². The molecule has 0 radical (unpaired) electrons. The van der Waals surface area contributed by atoms with E-state index in [2.05, 4.69) is 10.3 Å². The van der Waals surface area contributed by atoms with E-state index in [4.69, 9.17) is 0 Å². The summed E-state index contributed by atoms with van der Waals surface area (Å²) in [4.78, 5) is 17.7. The zero-order chi connectivity index (χ0) is 14.0. The van der Waals surface area contributed by atoms with Crippen LogP contribution in [-0.2, 0) is 16.4 Å². The molecule has 0 saturated heterocycles. The van der Waals surface area contributed by atoms with Crippen molar-refractivity contribution in [3.8, 4) is 0 Å². The maximum atomic E-state index is 12.1. The molecule has 0 saturated carbocycles. The Morgan fingerprint density at radius 3 is 2.95 bits per heavy atom. The number of nitrogens with one attached hydrogen (secondary N) is 1. The minimum Gasteiger partial charge on any atom is -0.356 e. The van der Waals surface area contributed by atoms with Crippen LogP contribution in [0.1, 0.15) is 16.9 Å². The molecule has 0 unspecified atom stereocenters. The average Bonchev–Trinajstić information content (AvgIpc) is 2.77. The number of hydrogen-bond acceptors (Lipinski definition) is 5. The summed E-state index contributed by atoms with van der Waals surface area (Å²) >= 11 is 0. The van der Waals surface area contributed by atoms with E-state index in [9.17, 15) is 13.2 Å². The fourth-order valence-corrected chi connectivity index (χ4v) is 2.49. The smallest absolute Gasteiger partial charge is 0.273 e. The molecule has 1 aliphatic rings. The summed E-state index contributed by atoms with van der Waals surface area (Å²) in [5, 5.41) is 3.12. The van der Waals surface area contributed by atoms with Gasteiger partial charge in [0.05, 0.1) is 5.75 Å². The maximum absolute atomic E-state index is 12.1. The van der Waals surface area contributed by atoms with Crippen LogP contribution in [-0.4, -0.2) is 60.9 Å². The SMILES string of the molecule is CN(CCS(C)(=O)=O)C(=O)c1cn2c(n1)NCCC2. The Morgan fingerprint density at radius 2 is 2.32 bits per heavy atom. The van der Waals surface area contributed by atoms with Crippen molar-refractivity contribution in [3.63, 3.8) is 0 Å². The summed E-state index contributed by atoms with van der Waals surface area (Å²) in [5.74, 6) is 0.402. The van der Waals surface area contributed by atoms with Gasteiger partial charge in [-0.3, -0.25) is 4.79 Å². The van der Waals surface area contributed by atoms with Crippen LogP contribution in [0.4, 0.5) is 5.95 Å². The molecule has 2 heterocycles. The first-order valence-corrected chi connectivity index (χ1v) is 8.17. The Bertz CT molecular complexity index is 555. The van der Waals surface area contributed by atoms with Crippen LogP contribution >= 0.6 is 0 Å². The molecule has 1 N–H and O–H groups in total. The number of carbonyl (C=O) groups is 1. The number of carbonyl (C=O) groups excluding carboxylic acids is 1. The maximum Gasteiger partial charge on any atom is 0.273 e. The van der Waals surface area contributed by atoms with Crippen molar-refractivity contribution in [3.05, 3.63) is 11.9 Å². The molecule has 0 atom stereocenters. The fraction of sp³-hybridized carbons (Fsp3) is 0.636. The van der Waals surface area contributed by atoms with Gasteiger partial charge in [0.15, 0.2) is 0 Å². The highest BCUT2D eigenvalue weighted by molar-refractivity contribution is 7.90. The number of anilines is 1. The molecule has 1 aliphatic heterocycles. The van der Waals surface area contributed by atoms with Crippen molar-refractivity contribution in [2.45, 2.75) is 13.0 Å². The van der Waals surface area contributed by atoms with Gasteiger partial charge >= 0.3 is 0 Å². The van der Waals surface area contributed by atoms with Crippen molar-refractivity contribution in [1.29, 1.82) is 0 Å². The molecule has 0 aromatic carbocycles. The topological polar surface area (TPSA) is 84.3 Å². The van der Waals surface area contributed by atoms with Gasteiger partial charge in [-0.15, -0.1) is 0 Å². The largest absolute Gasteiger partial charge is 0.356 e. The van der Waals surface area contributed by atoms with Gasteiger partial charge in [-0.25, -0.2) is 13.4 Å². The molecule has 8 heteroatoms. The zero-order valence-electron chi connectivity index (χ0n) is 11.1. The highest BCUT2D eigenvalue weighted by Gasteiger charge is 2.20. The number of aryl methyl sites for hydroxylation is 1. The number of rotatable bonds is 4. The van der Waals surface area contributed by atoms with Gasteiger partial charge in [-0.05, 0) is 6.42 Å². The lowest BCUT2D eigenvalue weighted by Crippen LogP contribution is -2.31. The predicted octanol–water partition coefficient (Wildman–Crippen LogP) is -0.185. The van der Waals surface area contributed by atoms with Gasteiger partial charge in [0.2, 0.25) is 5.95 Å². The second-order valence-electron chi connectivity index (χ2n) is 4.78. The molecule has 1 aromatic rings. The van der Waals surface area contributed by atoms with E-state index in [1.54, 1.807) is 13.2 Å². The summed E-state index contributed by atoms with van der Waals surface area (Å²) in [6.45, 7) is 1.87. The molecule has 106 valence electrons. The Morgan fingerprint density at radius 1 is 1.58 bits per heavy atom. The minimum absolute atomic E-state index is 0.0406. The highest BCUT2D eigenvalue weighted by Crippen LogP contribution is 2.15. The third-order valence-corrected chi connectivity index (χ3v) is 3.92. The van der Waals surface area contributed by atoms with Crippen LogP contribution < -0.4 is 5.32 Å². The van der Waals surface area contributed by atoms with Crippen molar-refractivity contribution < 1.29 is 13.2 Å². The number of hydrogen-bond donors (Lipinski definition) is 1. The van der Waals surface area contributed by atoms with Gasteiger partial charge in [0.25, 0.3) is 5.91 Å². The first-order valence-electron chi connectivity index (χ1n) is 6.11. The molecule has 1 amide bonds. The van der Waals surface area contributed by atoms with Gasteiger partial charge in [0, 0.05) is 39.1 Å². The van der Waals surface area contributed by atoms with Gasteiger partial charge in [0.1, 0.15) is 15.5 Å². The standard InChI is InChI=1S/C11H18N4O3S/c1-14(6-7-19(2,17)18)10(16)9-8-15-5-3-4-12-11(15)13-9/h8H,3-7H2,1-2H3,(H,12,13). The highest BCUT2D eigenvalue weighted by atomic mass is 32.2. The Hall–Kier alpha value is -1.57. The second-order valence-corrected chi connectivity index (χ2v) is 7.04. The van der Waals surface area contributed by atoms with Crippen molar-refractivity contribution in [2.24, 2.45) is 0 Å². The van der Waals surface area contributed by atoms with Gasteiger partial charge in [-0.2, -0.15) is 0 Å². The van der Waals surface area contributed by atoms with Gasteiger partial charge < -0.3 is 14.8 Å². The van der Waals surface area contributed by atoms with Crippen LogP contribution in [0, 0.1) is 0 Å². The Kier molecular flexibility index (Phi) is 3.79. The number of nitrogens with zero attached hydrogens (tertiary/aromatic N) is 3. The molecule has 0 fully saturated rings. The van der Waals surface area contributed by atoms with Crippen LogP contribution in [0.15, 0.2) is 6.20 Å². The quantitative estimate of drug-likeness (QED) is 0.829. The summed E-state index contributed by atoms with van der Waals surface area (Å²) in [5.41, 5.74) is 0.348. The summed E-state index contributed by atoms with van der Waals surface area (Å²) in [6.07, 6.45) is 3.87. The molecule has 7 nitrogen and oxygen atoms in total. The van der Waals surface area contributed by atoms with E-state index >= 15 is 0 Å².